The molecule has 13 heavy (non-hydrogen) atoms. The second kappa shape index (κ2) is 5.58. The molecule has 0 aromatic carbocycles. The average molecular weight is 185 g/mol. The van der Waals surface area contributed by atoms with Gasteiger partial charge in [0.2, 0.25) is 0 Å². The van der Waals surface area contributed by atoms with Crippen LogP contribution in [0.5, 0.6) is 0 Å². The fraction of sp³-hybridized carbons (Fsp3) is 1.00. The largest absolute Gasteiger partial charge is 0.316 e. The Morgan fingerprint density at radius 3 is 1.77 bits per heavy atom. The quantitative estimate of drug-likeness (QED) is 0.603. The Hall–Kier alpha value is -0.120. The molecule has 2 heterocycles. The molecule has 0 aromatic heterocycles. The van der Waals surface area contributed by atoms with Gasteiger partial charge in [-0.05, 0) is 59.4 Å². The smallest absolute Gasteiger partial charge is 0.0569 e. The third-order valence-corrected chi connectivity index (χ3v) is 2.91. The Balaban J connectivity index is 0.000000132. The van der Waals surface area contributed by atoms with E-state index in [1.807, 2.05) is 0 Å². The number of hydrogen-bond donors (Lipinski definition) is 1. The Kier molecular flexibility index (Phi) is 4.70. The van der Waals surface area contributed by atoms with Gasteiger partial charge in [-0.2, -0.15) is 0 Å². The summed E-state index contributed by atoms with van der Waals surface area (Å²) in [5.41, 5.74) is 5.60. The second-order valence-corrected chi connectivity index (χ2v) is 4.20. The maximum absolute atomic E-state index is 5.60. The molecular formula is C10H23N3. The van der Waals surface area contributed by atoms with E-state index >= 15 is 0 Å². The third-order valence-electron chi connectivity index (χ3n) is 2.91. The molecule has 0 amide bonds. The lowest BCUT2D eigenvalue weighted by atomic mass is 10.3. The van der Waals surface area contributed by atoms with Crippen LogP contribution in [0.1, 0.15) is 25.7 Å². The molecule has 2 rings (SSSR count). The van der Waals surface area contributed by atoms with E-state index in [2.05, 4.69) is 23.9 Å². The summed E-state index contributed by atoms with van der Waals surface area (Å²) < 4.78 is 0. The molecule has 2 aliphatic rings. The van der Waals surface area contributed by atoms with Gasteiger partial charge in [-0.1, -0.05) is 0 Å². The van der Waals surface area contributed by atoms with Crippen LogP contribution in [-0.2, 0) is 0 Å². The fourth-order valence-corrected chi connectivity index (χ4v) is 1.81. The van der Waals surface area contributed by atoms with Crippen molar-refractivity contribution >= 4 is 0 Å². The minimum atomic E-state index is 0.347. The summed E-state index contributed by atoms with van der Waals surface area (Å²) >= 11 is 0. The number of likely N-dealkylation sites (tertiary alicyclic amines) is 2. The highest BCUT2D eigenvalue weighted by Gasteiger charge is 2.14. The maximum Gasteiger partial charge on any atom is 0.0569 e. The molecule has 3 heteroatoms. The van der Waals surface area contributed by atoms with Crippen molar-refractivity contribution in [3.8, 4) is 0 Å². The van der Waals surface area contributed by atoms with E-state index in [0.717, 1.165) is 0 Å². The Labute approximate surface area is 81.9 Å². The van der Waals surface area contributed by atoms with Crippen LogP contribution in [0.3, 0.4) is 0 Å². The summed E-state index contributed by atoms with van der Waals surface area (Å²) in [6.45, 7) is 3.82. The average Bonchev–Trinajstić information content (AvgIpc) is 2.67. The lowest BCUT2D eigenvalue weighted by Crippen LogP contribution is -2.32. The summed E-state index contributed by atoms with van der Waals surface area (Å²) in [7, 11) is 4.24. The highest BCUT2D eigenvalue weighted by Crippen LogP contribution is 2.08. The summed E-state index contributed by atoms with van der Waals surface area (Å²) in [4.78, 5) is 4.54. The number of hydrogen-bond acceptors (Lipinski definition) is 3. The normalized spacial score (nSPS) is 30.2. The molecule has 1 unspecified atom stereocenters. The van der Waals surface area contributed by atoms with E-state index in [9.17, 15) is 0 Å². The van der Waals surface area contributed by atoms with Gasteiger partial charge in [0.1, 0.15) is 0 Å². The van der Waals surface area contributed by atoms with Crippen LogP contribution >= 0.6 is 0 Å². The zero-order valence-electron chi connectivity index (χ0n) is 9.00. The molecule has 3 nitrogen and oxygen atoms in total. The first kappa shape index (κ1) is 11.0. The minimum Gasteiger partial charge on any atom is -0.316 e. The van der Waals surface area contributed by atoms with Gasteiger partial charge in [0.25, 0.3) is 0 Å². The summed E-state index contributed by atoms with van der Waals surface area (Å²) in [5.74, 6) is 0. The van der Waals surface area contributed by atoms with Gasteiger partial charge in [0.05, 0.1) is 6.17 Å². The first-order valence-corrected chi connectivity index (χ1v) is 5.34. The van der Waals surface area contributed by atoms with Crippen LogP contribution in [-0.4, -0.2) is 49.7 Å². The molecule has 2 fully saturated rings. The molecule has 2 aliphatic heterocycles. The Morgan fingerprint density at radius 2 is 1.62 bits per heavy atom. The van der Waals surface area contributed by atoms with Crippen LogP contribution in [0.4, 0.5) is 0 Å². The zero-order valence-corrected chi connectivity index (χ0v) is 9.00. The van der Waals surface area contributed by atoms with Crippen molar-refractivity contribution < 1.29 is 0 Å². The third kappa shape index (κ3) is 4.07. The summed E-state index contributed by atoms with van der Waals surface area (Å²) in [5, 5.41) is 0. The van der Waals surface area contributed by atoms with Gasteiger partial charge in [-0.15, -0.1) is 0 Å². The number of nitrogens with zero attached hydrogens (tertiary/aromatic N) is 2. The molecule has 0 bridgehead atoms. The van der Waals surface area contributed by atoms with Crippen molar-refractivity contribution in [2.45, 2.75) is 31.8 Å². The lowest BCUT2D eigenvalue weighted by molar-refractivity contribution is 0.318. The first-order valence-electron chi connectivity index (χ1n) is 5.34. The van der Waals surface area contributed by atoms with Crippen molar-refractivity contribution in [1.29, 1.82) is 0 Å². The van der Waals surface area contributed by atoms with Crippen molar-refractivity contribution in [2.24, 2.45) is 5.73 Å². The molecular weight excluding hydrogens is 162 g/mol. The topological polar surface area (TPSA) is 32.5 Å². The van der Waals surface area contributed by atoms with Gasteiger partial charge in [0.15, 0.2) is 0 Å². The molecule has 0 aromatic rings. The van der Waals surface area contributed by atoms with Crippen LogP contribution in [0.25, 0.3) is 0 Å². The van der Waals surface area contributed by atoms with E-state index < -0.39 is 0 Å². The first-order chi connectivity index (χ1) is 6.20. The highest BCUT2D eigenvalue weighted by molar-refractivity contribution is 4.69. The second-order valence-electron chi connectivity index (χ2n) is 4.20. The van der Waals surface area contributed by atoms with Crippen LogP contribution in [0.15, 0.2) is 0 Å². The monoisotopic (exact) mass is 185 g/mol. The SMILES string of the molecule is CN1CCCC1.CN1CCCC1N. The molecule has 0 spiro atoms. The van der Waals surface area contributed by atoms with E-state index in [4.69, 9.17) is 5.73 Å². The zero-order chi connectivity index (χ0) is 9.68. The molecule has 0 radical (unpaired) electrons. The van der Waals surface area contributed by atoms with Crippen LogP contribution in [0, 0.1) is 0 Å². The van der Waals surface area contributed by atoms with Crippen molar-refractivity contribution in [2.75, 3.05) is 33.7 Å². The molecule has 78 valence electrons. The van der Waals surface area contributed by atoms with E-state index in [-0.39, 0.29) is 0 Å². The van der Waals surface area contributed by atoms with Crippen molar-refractivity contribution in [3.63, 3.8) is 0 Å². The predicted molar refractivity (Wildman–Crippen MR) is 56.6 cm³/mol. The van der Waals surface area contributed by atoms with Crippen molar-refractivity contribution in [3.05, 3.63) is 0 Å². The van der Waals surface area contributed by atoms with E-state index in [1.54, 1.807) is 0 Å². The van der Waals surface area contributed by atoms with Gasteiger partial charge >= 0.3 is 0 Å². The number of rotatable bonds is 0. The maximum atomic E-state index is 5.60. The van der Waals surface area contributed by atoms with Crippen molar-refractivity contribution in [1.82, 2.24) is 9.80 Å². The van der Waals surface area contributed by atoms with Gasteiger partial charge in [-0.3, -0.25) is 4.90 Å². The Bertz CT molecular complexity index is 124. The molecule has 2 saturated heterocycles. The lowest BCUT2D eigenvalue weighted by Gasteiger charge is -2.12. The summed E-state index contributed by atoms with van der Waals surface area (Å²) in [6.07, 6.45) is 5.63. The van der Waals surface area contributed by atoms with Crippen LogP contribution in [0.2, 0.25) is 0 Å². The predicted octanol–water partition coefficient (Wildman–Crippen LogP) is 0.709. The molecule has 2 N–H and O–H groups in total. The molecule has 1 atom stereocenters. The Morgan fingerprint density at radius 1 is 1.00 bits per heavy atom. The van der Waals surface area contributed by atoms with Gasteiger partial charge in [-0.25, -0.2) is 0 Å². The minimum absolute atomic E-state index is 0.347. The summed E-state index contributed by atoms with van der Waals surface area (Å²) in [6, 6.07) is 0. The van der Waals surface area contributed by atoms with Gasteiger partial charge in [0, 0.05) is 0 Å². The standard InChI is InChI=1S/C5H12N2.C5H11N/c1-7-4-2-3-5(7)6;1-6-4-2-3-5-6/h5H,2-4,6H2,1H3;2-5H2,1H3. The molecule has 0 saturated carbocycles. The van der Waals surface area contributed by atoms with Gasteiger partial charge < -0.3 is 10.6 Å². The fourth-order valence-electron chi connectivity index (χ4n) is 1.81. The number of nitrogens with two attached hydrogens (primary N) is 1. The van der Waals surface area contributed by atoms with E-state index in [1.165, 1.54) is 45.3 Å². The highest BCUT2D eigenvalue weighted by atomic mass is 15.2. The van der Waals surface area contributed by atoms with Crippen LogP contribution < -0.4 is 5.73 Å². The van der Waals surface area contributed by atoms with E-state index in [0.29, 0.717) is 6.17 Å². The molecule has 0 aliphatic carbocycles.